The van der Waals surface area contributed by atoms with Gasteiger partial charge in [0, 0.05) is 24.9 Å². The Kier molecular flexibility index (Phi) is 6.85. The highest BCUT2D eigenvalue weighted by Gasteiger charge is 2.22. The first-order valence-corrected chi connectivity index (χ1v) is 8.46. The van der Waals surface area contributed by atoms with E-state index in [9.17, 15) is 19.7 Å². The van der Waals surface area contributed by atoms with E-state index in [-0.39, 0.29) is 36.0 Å². The molecule has 0 aliphatic heterocycles. The van der Waals surface area contributed by atoms with Crippen molar-refractivity contribution in [3.05, 3.63) is 62.1 Å². The van der Waals surface area contributed by atoms with E-state index in [0.717, 1.165) is 0 Å². The Morgan fingerprint density at radius 3 is 2.68 bits per heavy atom. The normalized spacial score (nSPS) is 10.7. The minimum atomic E-state index is -0.692. The van der Waals surface area contributed by atoms with E-state index in [1.165, 1.54) is 42.2 Å². The van der Waals surface area contributed by atoms with Crippen molar-refractivity contribution in [2.75, 3.05) is 13.2 Å². The van der Waals surface area contributed by atoms with E-state index >= 15 is 0 Å². The number of pyridine rings is 1. The second-order valence-electron chi connectivity index (χ2n) is 5.53. The lowest BCUT2D eigenvalue weighted by Crippen LogP contribution is -2.29. The monoisotopic (exact) mass is 388 g/mol. The maximum absolute atomic E-state index is 12.1. The topological polar surface area (TPSA) is 125 Å². The fourth-order valence-electron chi connectivity index (χ4n) is 2.37. The molecule has 0 bridgehead atoms. The molecule has 1 amide bonds. The number of carbonyl (C=O) groups is 1. The average Bonchev–Trinajstić information content (AvgIpc) is 2.65. The Morgan fingerprint density at radius 2 is 2.04 bits per heavy atom. The average molecular weight is 388 g/mol. The summed E-state index contributed by atoms with van der Waals surface area (Å²) in [4.78, 5) is 34.8. The van der Waals surface area contributed by atoms with E-state index in [4.69, 9.17) is 9.47 Å². The summed E-state index contributed by atoms with van der Waals surface area (Å²) in [6, 6.07) is 5.70. The third kappa shape index (κ3) is 4.72. The van der Waals surface area contributed by atoms with Crippen LogP contribution in [0.15, 0.2) is 40.4 Å². The number of hydrazone groups is 1. The van der Waals surface area contributed by atoms with Gasteiger partial charge in [0.2, 0.25) is 5.75 Å². The van der Waals surface area contributed by atoms with Crippen LogP contribution in [-0.2, 0) is 7.05 Å². The molecule has 10 nitrogen and oxygen atoms in total. The van der Waals surface area contributed by atoms with Crippen molar-refractivity contribution in [2.45, 2.75) is 13.8 Å². The Balaban J connectivity index is 2.29. The largest absolute Gasteiger partial charge is 0.490 e. The Bertz CT molecular complexity index is 967. The van der Waals surface area contributed by atoms with Gasteiger partial charge in [0.1, 0.15) is 5.56 Å². The van der Waals surface area contributed by atoms with Gasteiger partial charge in [-0.2, -0.15) is 5.10 Å². The highest BCUT2D eigenvalue weighted by atomic mass is 16.6. The summed E-state index contributed by atoms with van der Waals surface area (Å²) in [5, 5.41) is 15.1. The molecule has 1 aromatic carbocycles. The zero-order valence-electron chi connectivity index (χ0n) is 15.7. The maximum Gasteiger partial charge on any atom is 0.315 e. The van der Waals surface area contributed by atoms with Crippen LogP contribution in [0.1, 0.15) is 29.8 Å². The number of nitrogens with one attached hydrogen (secondary N) is 1. The van der Waals surface area contributed by atoms with Crippen LogP contribution in [0.2, 0.25) is 0 Å². The fourth-order valence-corrected chi connectivity index (χ4v) is 2.37. The third-order valence-electron chi connectivity index (χ3n) is 3.59. The summed E-state index contributed by atoms with van der Waals surface area (Å²) >= 11 is 0. The number of benzene rings is 1. The van der Waals surface area contributed by atoms with Crippen molar-refractivity contribution in [3.8, 4) is 11.5 Å². The van der Waals surface area contributed by atoms with Crippen molar-refractivity contribution in [1.29, 1.82) is 0 Å². The summed E-state index contributed by atoms with van der Waals surface area (Å²) in [6.07, 6.45) is 2.74. The Morgan fingerprint density at radius 1 is 1.32 bits per heavy atom. The number of carbonyl (C=O) groups excluding carboxylic acids is 1. The number of nitrogens with zero attached hydrogens (tertiary/aromatic N) is 3. The standard InChI is InChI=1S/C18H20N4O6/c1-4-27-15-10-12(9-14(22(25)26)16(15)28-5-2)11-19-20-17(23)13-7-6-8-21(3)18(13)24/h6-11H,4-5H2,1-3H3,(H,20,23)/b19-11-. The van der Waals surface area contributed by atoms with Gasteiger partial charge in [-0.05, 0) is 32.0 Å². The number of nitro benzene ring substituents is 1. The fraction of sp³-hybridized carbons (Fsp3) is 0.278. The molecule has 0 saturated heterocycles. The summed E-state index contributed by atoms with van der Waals surface area (Å²) in [5.41, 5.74) is 1.73. The van der Waals surface area contributed by atoms with Crippen molar-refractivity contribution in [1.82, 2.24) is 9.99 Å². The summed E-state index contributed by atoms with van der Waals surface area (Å²) in [5.74, 6) is -0.463. The number of ether oxygens (including phenoxy) is 2. The van der Waals surface area contributed by atoms with Crippen LogP contribution in [0.5, 0.6) is 11.5 Å². The zero-order valence-corrected chi connectivity index (χ0v) is 15.7. The van der Waals surface area contributed by atoms with Crippen LogP contribution in [0.3, 0.4) is 0 Å². The van der Waals surface area contributed by atoms with Gasteiger partial charge < -0.3 is 14.0 Å². The summed E-state index contributed by atoms with van der Waals surface area (Å²) in [6.45, 7) is 3.96. The summed E-state index contributed by atoms with van der Waals surface area (Å²) in [7, 11) is 1.52. The lowest BCUT2D eigenvalue weighted by Gasteiger charge is -2.11. The molecule has 0 aliphatic rings. The van der Waals surface area contributed by atoms with E-state index in [0.29, 0.717) is 5.56 Å². The SMILES string of the molecule is CCOc1cc(/C=N\NC(=O)c2cccn(C)c2=O)cc([N+](=O)[O-])c1OCC. The van der Waals surface area contributed by atoms with Gasteiger partial charge in [-0.3, -0.25) is 19.7 Å². The van der Waals surface area contributed by atoms with E-state index in [2.05, 4.69) is 10.5 Å². The second kappa shape index (κ2) is 9.31. The predicted octanol–water partition coefficient (Wildman–Crippen LogP) is 1.85. The van der Waals surface area contributed by atoms with Crippen molar-refractivity contribution in [2.24, 2.45) is 12.1 Å². The van der Waals surface area contributed by atoms with Gasteiger partial charge in [-0.15, -0.1) is 0 Å². The first-order chi connectivity index (χ1) is 13.4. The Labute approximate surface area is 160 Å². The molecule has 0 fully saturated rings. The molecule has 0 radical (unpaired) electrons. The molecule has 2 aromatic rings. The molecule has 28 heavy (non-hydrogen) atoms. The van der Waals surface area contributed by atoms with Crippen LogP contribution < -0.4 is 20.5 Å². The lowest BCUT2D eigenvalue weighted by atomic mass is 10.2. The number of hydrogen-bond donors (Lipinski definition) is 1. The molecule has 1 N–H and O–H groups in total. The number of rotatable bonds is 8. The predicted molar refractivity (Wildman–Crippen MR) is 102 cm³/mol. The first-order valence-electron chi connectivity index (χ1n) is 8.46. The first kappa shape index (κ1) is 20.6. The van der Waals surface area contributed by atoms with E-state index in [1.54, 1.807) is 19.9 Å². The quantitative estimate of drug-likeness (QED) is 0.418. The number of hydrogen-bond acceptors (Lipinski definition) is 7. The number of aryl methyl sites for hydroxylation is 1. The highest BCUT2D eigenvalue weighted by molar-refractivity contribution is 5.94. The minimum Gasteiger partial charge on any atom is -0.490 e. The molecule has 0 saturated carbocycles. The van der Waals surface area contributed by atoms with Gasteiger partial charge in [0.15, 0.2) is 5.75 Å². The van der Waals surface area contributed by atoms with Crippen LogP contribution in [0, 0.1) is 10.1 Å². The van der Waals surface area contributed by atoms with Crippen molar-refractivity contribution < 1.29 is 19.2 Å². The smallest absolute Gasteiger partial charge is 0.315 e. The third-order valence-corrected chi connectivity index (χ3v) is 3.59. The lowest BCUT2D eigenvalue weighted by molar-refractivity contribution is -0.385. The highest BCUT2D eigenvalue weighted by Crippen LogP contribution is 2.38. The number of nitro groups is 1. The van der Waals surface area contributed by atoms with Gasteiger partial charge >= 0.3 is 5.69 Å². The van der Waals surface area contributed by atoms with Gasteiger partial charge in [0.05, 0.1) is 24.4 Å². The molecule has 2 rings (SSSR count). The maximum atomic E-state index is 12.1. The van der Waals surface area contributed by atoms with Crippen molar-refractivity contribution in [3.63, 3.8) is 0 Å². The number of amides is 1. The molecule has 1 aromatic heterocycles. The number of aromatic nitrogens is 1. The van der Waals surface area contributed by atoms with Gasteiger partial charge in [-0.25, -0.2) is 5.43 Å². The van der Waals surface area contributed by atoms with Crippen LogP contribution >= 0.6 is 0 Å². The second-order valence-corrected chi connectivity index (χ2v) is 5.53. The van der Waals surface area contributed by atoms with Crippen LogP contribution in [0.4, 0.5) is 5.69 Å². The van der Waals surface area contributed by atoms with E-state index in [1.807, 2.05) is 0 Å². The molecule has 0 spiro atoms. The van der Waals surface area contributed by atoms with E-state index < -0.39 is 16.4 Å². The molecule has 0 unspecified atom stereocenters. The Hall–Kier alpha value is -3.69. The molecule has 10 heteroatoms. The van der Waals surface area contributed by atoms with Crippen LogP contribution in [0.25, 0.3) is 0 Å². The van der Waals surface area contributed by atoms with Gasteiger partial charge in [0.25, 0.3) is 11.5 Å². The zero-order chi connectivity index (χ0) is 20.7. The van der Waals surface area contributed by atoms with Crippen LogP contribution in [-0.4, -0.2) is 34.8 Å². The molecule has 1 heterocycles. The van der Waals surface area contributed by atoms with Gasteiger partial charge in [-0.1, -0.05) is 0 Å². The molecule has 148 valence electrons. The van der Waals surface area contributed by atoms with Crippen molar-refractivity contribution >= 4 is 17.8 Å². The molecule has 0 atom stereocenters. The molecular formula is C18H20N4O6. The summed E-state index contributed by atoms with van der Waals surface area (Å²) < 4.78 is 12.0. The minimum absolute atomic E-state index is 0.0308. The molecule has 0 aliphatic carbocycles. The molecular weight excluding hydrogens is 368 g/mol.